The minimum absolute atomic E-state index is 0.326. The van der Waals surface area contributed by atoms with Gasteiger partial charge in [-0.3, -0.25) is 4.98 Å². The number of hydrogen-bond acceptors (Lipinski definition) is 3. The third kappa shape index (κ3) is 3.55. The first-order valence-corrected chi connectivity index (χ1v) is 7.31. The number of halogens is 2. The summed E-state index contributed by atoms with van der Waals surface area (Å²) in [5.41, 5.74) is 0.918. The van der Waals surface area contributed by atoms with Crippen LogP contribution in [-0.4, -0.2) is 11.0 Å². The maximum atomic E-state index is 13.2. The highest BCUT2D eigenvalue weighted by Crippen LogP contribution is 2.30. The third-order valence-corrected chi connectivity index (χ3v) is 3.71. The van der Waals surface area contributed by atoms with E-state index in [0.29, 0.717) is 22.0 Å². The second-order valence-electron chi connectivity index (χ2n) is 4.81. The molecule has 20 heavy (non-hydrogen) atoms. The van der Waals surface area contributed by atoms with E-state index in [1.165, 1.54) is 25.0 Å². The average Bonchev–Trinajstić information content (AvgIpc) is 3.25. The van der Waals surface area contributed by atoms with Crippen LogP contribution in [0, 0.1) is 5.82 Å². The van der Waals surface area contributed by atoms with E-state index in [2.05, 4.69) is 26.2 Å². The number of hydrogen-bond donors (Lipinski definition) is 1. The molecule has 0 atom stereocenters. The molecule has 0 aliphatic heterocycles. The average molecular weight is 337 g/mol. The van der Waals surface area contributed by atoms with Crippen LogP contribution in [0.15, 0.2) is 41.0 Å². The predicted molar refractivity (Wildman–Crippen MR) is 78.3 cm³/mol. The molecule has 2 aromatic rings. The number of nitrogens with one attached hydrogen (secondary N) is 1. The summed E-state index contributed by atoms with van der Waals surface area (Å²) in [6.07, 6.45) is 4.19. The van der Waals surface area contributed by atoms with Crippen LogP contribution in [0.5, 0.6) is 11.5 Å². The number of rotatable bonds is 5. The van der Waals surface area contributed by atoms with Crippen LogP contribution in [0.25, 0.3) is 0 Å². The number of aromatic nitrogens is 1. The van der Waals surface area contributed by atoms with Gasteiger partial charge in [0.05, 0.1) is 10.2 Å². The molecule has 0 amide bonds. The molecule has 0 spiro atoms. The molecule has 1 N–H and O–H groups in total. The first-order valence-electron chi connectivity index (χ1n) is 6.52. The largest absolute Gasteiger partial charge is 0.456 e. The van der Waals surface area contributed by atoms with E-state index in [9.17, 15) is 4.39 Å². The summed E-state index contributed by atoms with van der Waals surface area (Å²) in [5.74, 6) is 0.782. The number of benzene rings is 1. The summed E-state index contributed by atoms with van der Waals surface area (Å²) in [7, 11) is 0. The van der Waals surface area contributed by atoms with Gasteiger partial charge in [0.2, 0.25) is 0 Å². The van der Waals surface area contributed by atoms with Crippen LogP contribution >= 0.6 is 15.9 Å². The van der Waals surface area contributed by atoms with E-state index in [1.807, 2.05) is 6.07 Å². The standard InChI is InChI=1S/C15H14BrFN2O/c16-14-4-1-10(17)7-15(14)20-13-5-6-18-12(8-13)9-19-11-2-3-11/h1,4-8,11,19H,2-3,9H2. The van der Waals surface area contributed by atoms with Gasteiger partial charge in [0.25, 0.3) is 0 Å². The Kier molecular flexibility index (Phi) is 3.98. The summed E-state index contributed by atoms with van der Waals surface area (Å²) in [4.78, 5) is 4.29. The molecule has 0 saturated heterocycles. The molecule has 1 aliphatic rings. The van der Waals surface area contributed by atoms with E-state index in [0.717, 1.165) is 12.2 Å². The molecule has 3 nitrogen and oxygen atoms in total. The van der Waals surface area contributed by atoms with Gasteiger partial charge in [0, 0.05) is 30.9 Å². The van der Waals surface area contributed by atoms with Gasteiger partial charge in [0.15, 0.2) is 0 Å². The first kappa shape index (κ1) is 13.5. The Morgan fingerprint density at radius 1 is 1.30 bits per heavy atom. The highest BCUT2D eigenvalue weighted by Gasteiger charge is 2.20. The molecule has 1 fully saturated rings. The Hall–Kier alpha value is -1.46. The van der Waals surface area contributed by atoms with Gasteiger partial charge < -0.3 is 10.1 Å². The van der Waals surface area contributed by atoms with E-state index < -0.39 is 0 Å². The molecule has 0 radical (unpaired) electrons. The predicted octanol–water partition coefficient (Wildman–Crippen LogP) is 4.03. The topological polar surface area (TPSA) is 34.1 Å². The van der Waals surface area contributed by atoms with Crippen molar-refractivity contribution in [3.63, 3.8) is 0 Å². The Labute approximate surface area is 125 Å². The SMILES string of the molecule is Fc1ccc(Br)c(Oc2ccnc(CNC3CC3)c2)c1. The van der Waals surface area contributed by atoms with Crippen molar-refractivity contribution in [3.05, 3.63) is 52.5 Å². The summed E-state index contributed by atoms with van der Waals surface area (Å²) in [5, 5.41) is 3.40. The van der Waals surface area contributed by atoms with Crippen LogP contribution in [0.1, 0.15) is 18.5 Å². The van der Waals surface area contributed by atoms with Gasteiger partial charge in [-0.1, -0.05) is 0 Å². The smallest absolute Gasteiger partial charge is 0.144 e. The van der Waals surface area contributed by atoms with Gasteiger partial charge in [-0.05, 0) is 47.0 Å². The molecule has 5 heteroatoms. The summed E-state index contributed by atoms with van der Waals surface area (Å²) < 4.78 is 19.6. The zero-order valence-corrected chi connectivity index (χ0v) is 12.4. The quantitative estimate of drug-likeness (QED) is 0.895. The maximum absolute atomic E-state index is 13.2. The molecule has 1 aromatic carbocycles. The molecule has 104 valence electrons. The maximum Gasteiger partial charge on any atom is 0.144 e. The minimum Gasteiger partial charge on any atom is -0.456 e. The van der Waals surface area contributed by atoms with E-state index >= 15 is 0 Å². The third-order valence-electron chi connectivity index (χ3n) is 3.06. The highest BCUT2D eigenvalue weighted by molar-refractivity contribution is 9.10. The van der Waals surface area contributed by atoms with Gasteiger partial charge in [-0.15, -0.1) is 0 Å². The molecular formula is C15H14BrFN2O. The molecule has 1 aromatic heterocycles. The number of nitrogens with zero attached hydrogens (tertiary/aromatic N) is 1. The zero-order chi connectivity index (χ0) is 13.9. The molecule has 0 bridgehead atoms. The Morgan fingerprint density at radius 3 is 2.95 bits per heavy atom. The van der Waals surface area contributed by atoms with Crippen molar-refractivity contribution >= 4 is 15.9 Å². The molecule has 1 aliphatic carbocycles. The van der Waals surface area contributed by atoms with Gasteiger partial charge in [-0.2, -0.15) is 0 Å². The van der Waals surface area contributed by atoms with E-state index in [4.69, 9.17) is 4.74 Å². The highest BCUT2D eigenvalue weighted by atomic mass is 79.9. The Morgan fingerprint density at radius 2 is 2.15 bits per heavy atom. The lowest BCUT2D eigenvalue weighted by molar-refractivity contribution is 0.471. The van der Waals surface area contributed by atoms with Crippen molar-refractivity contribution in [1.29, 1.82) is 0 Å². The van der Waals surface area contributed by atoms with Crippen LogP contribution in [0.3, 0.4) is 0 Å². The van der Waals surface area contributed by atoms with Gasteiger partial charge >= 0.3 is 0 Å². The number of ether oxygens (including phenoxy) is 1. The lowest BCUT2D eigenvalue weighted by atomic mass is 10.3. The van der Waals surface area contributed by atoms with Gasteiger partial charge in [0.1, 0.15) is 17.3 Å². The zero-order valence-electron chi connectivity index (χ0n) is 10.8. The second-order valence-corrected chi connectivity index (χ2v) is 5.67. The van der Waals surface area contributed by atoms with E-state index in [1.54, 1.807) is 18.3 Å². The molecule has 1 saturated carbocycles. The fourth-order valence-corrected chi connectivity index (χ4v) is 2.16. The van der Waals surface area contributed by atoms with Crippen molar-refractivity contribution in [3.8, 4) is 11.5 Å². The monoisotopic (exact) mass is 336 g/mol. The minimum atomic E-state index is -0.326. The van der Waals surface area contributed by atoms with Crippen LogP contribution in [0.2, 0.25) is 0 Å². The summed E-state index contributed by atoms with van der Waals surface area (Å²) in [6, 6.07) is 8.63. The fraction of sp³-hybridized carbons (Fsp3) is 0.267. The van der Waals surface area contributed by atoms with Crippen molar-refractivity contribution in [2.75, 3.05) is 0 Å². The molecule has 1 heterocycles. The first-order chi connectivity index (χ1) is 9.70. The second kappa shape index (κ2) is 5.89. The van der Waals surface area contributed by atoms with Gasteiger partial charge in [-0.25, -0.2) is 4.39 Å². The Balaban J connectivity index is 1.72. The lowest BCUT2D eigenvalue weighted by Gasteiger charge is -2.09. The van der Waals surface area contributed by atoms with Crippen LogP contribution < -0.4 is 10.1 Å². The summed E-state index contributed by atoms with van der Waals surface area (Å²) >= 11 is 3.34. The number of pyridine rings is 1. The Bertz CT molecular complexity index is 617. The molecular weight excluding hydrogens is 323 g/mol. The lowest BCUT2D eigenvalue weighted by Crippen LogP contribution is -2.16. The van der Waals surface area contributed by atoms with Crippen molar-refractivity contribution < 1.29 is 9.13 Å². The van der Waals surface area contributed by atoms with Crippen LogP contribution in [0.4, 0.5) is 4.39 Å². The molecule has 0 unspecified atom stereocenters. The fourth-order valence-electron chi connectivity index (χ4n) is 1.83. The van der Waals surface area contributed by atoms with Crippen molar-refractivity contribution in [2.24, 2.45) is 0 Å². The van der Waals surface area contributed by atoms with Crippen LogP contribution in [-0.2, 0) is 6.54 Å². The van der Waals surface area contributed by atoms with E-state index in [-0.39, 0.29) is 5.82 Å². The normalized spacial score (nSPS) is 14.3. The summed E-state index contributed by atoms with van der Waals surface area (Å²) in [6.45, 7) is 0.728. The molecule has 3 rings (SSSR count). The van der Waals surface area contributed by atoms with Crippen molar-refractivity contribution in [1.82, 2.24) is 10.3 Å². The van der Waals surface area contributed by atoms with Crippen molar-refractivity contribution in [2.45, 2.75) is 25.4 Å².